The Bertz CT molecular complexity index is 1530. The number of nitrogens with zero attached hydrogens (tertiary/aromatic N) is 1. The fraction of sp³-hybridized carbons (Fsp3) is 0.615. The van der Waals surface area contributed by atoms with Crippen LogP contribution in [-0.4, -0.2) is 79.4 Å². The molecule has 9 atom stereocenters. The van der Waals surface area contributed by atoms with Gasteiger partial charge in [-0.05, 0) is 68.0 Å². The van der Waals surface area contributed by atoms with E-state index in [9.17, 15) is 24.0 Å². The van der Waals surface area contributed by atoms with Gasteiger partial charge in [0.2, 0.25) is 0 Å². The van der Waals surface area contributed by atoms with Crippen LogP contribution in [0.1, 0.15) is 92.7 Å². The molecule has 9 unspecified atom stereocenters. The van der Waals surface area contributed by atoms with Gasteiger partial charge in [-0.15, -0.1) is 0 Å². The number of esters is 5. The van der Waals surface area contributed by atoms with Gasteiger partial charge in [-0.25, -0.2) is 0 Å². The SMILES string of the molecule is C=C1C(OC(=O)CC(c2ccccc2)N(C)C)CCC2(C)C(OC(C)=O)C(OC(C)=O)C3=C(C)C(OC(C)=O)CC(C(OC(C)=O)C12)C3(C)C. The van der Waals surface area contributed by atoms with Gasteiger partial charge in [0.25, 0.3) is 0 Å². The van der Waals surface area contributed by atoms with Gasteiger partial charge in [0, 0.05) is 51.0 Å². The van der Waals surface area contributed by atoms with Crippen LogP contribution in [0.25, 0.3) is 0 Å². The Labute approximate surface area is 295 Å². The Hall–Kier alpha value is -3.99. The number of ether oxygens (including phenoxy) is 5. The number of benzene rings is 1. The topological polar surface area (TPSA) is 135 Å². The molecule has 0 amide bonds. The summed E-state index contributed by atoms with van der Waals surface area (Å²) in [4.78, 5) is 66.6. The molecule has 3 aliphatic rings. The normalized spacial score (nSPS) is 30.9. The first-order valence-corrected chi connectivity index (χ1v) is 17.3. The number of fused-ring (bicyclic) bond motifs is 3. The average Bonchev–Trinajstić information content (AvgIpc) is 2.99. The van der Waals surface area contributed by atoms with Gasteiger partial charge in [-0.3, -0.25) is 24.0 Å². The Morgan fingerprint density at radius 1 is 0.840 bits per heavy atom. The molecule has 4 rings (SSSR count). The van der Waals surface area contributed by atoms with Crippen molar-refractivity contribution in [3.05, 3.63) is 59.2 Å². The van der Waals surface area contributed by atoms with Gasteiger partial charge in [0.1, 0.15) is 24.4 Å². The van der Waals surface area contributed by atoms with E-state index in [1.54, 1.807) is 0 Å². The smallest absolute Gasteiger partial charge is 0.308 e. The predicted octanol–water partition coefficient (Wildman–Crippen LogP) is 5.67. The summed E-state index contributed by atoms with van der Waals surface area (Å²) >= 11 is 0. The molecule has 2 fully saturated rings. The van der Waals surface area contributed by atoms with E-state index in [1.165, 1.54) is 27.7 Å². The van der Waals surface area contributed by atoms with Gasteiger partial charge < -0.3 is 28.6 Å². The number of hydrogen-bond donors (Lipinski definition) is 0. The molecule has 0 N–H and O–H groups in total. The van der Waals surface area contributed by atoms with Gasteiger partial charge >= 0.3 is 29.8 Å². The van der Waals surface area contributed by atoms with E-state index in [0.29, 0.717) is 36.0 Å². The zero-order valence-corrected chi connectivity index (χ0v) is 31.1. The fourth-order valence-corrected chi connectivity index (χ4v) is 8.89. The van der Waals surface area contributed by atoms with Gasteiger partial charge in [-0.2, -0.15) is 0 Å². The zero-order valence-electron chi connectivity index (χ0n) is 31.1. The van der Waals surface area contributed by atoms with Crippen LogP contribution in [0.2, 0.25) is 0 Å². The maximum Gasteiger partial charge on any atom is 0.308 e. The predicted molar refractivity (Wildman–Crippen MR) is 184 cm³/mol. The van der Waals surface area contributed by atoms with Crippen molar-refractivity contribution >= 4 is 29.8 Å². The summed E-state index contributed by atoms with van der Waals surface area (Å²) in [5.41, 5.74) is 0.987. The molecule has 0 heterocycles. The molecule has 0 aromatic heterocycles. The van der Waals surface area contributed by atoms with Crippen LogP contribution >= 0.6 is 0 Å². The van der Waals surface area contributed by atoms with Crippen LogP contribution in [-0.2, 0) is 47.7 Å². The minimum absolute atomic E-state index is 0.0911. The molecule has 50 heavy (non-hydrogen) atoms. The second-order valence-corrected chi connectivity index (χ2v) is 15.1. The third-order valence-electron chi connectivity index (χ3n) is 11.0. The van der Waals surface area contributed by atoms with E-state index in [0.717, 1.165) is 5.56 Å². The number of carbonyl (C=O) groups excluding carboxylic acids is 5. The molecule has 0 aliphatic heterocycles. The molecular formula is C39H53NO10. The van der Waals surface area contributed by atoms with Crippen molar-refractivity contribution in [3.8, 4) is 0 Å². The summed E-state index contributed by atoms with van der Waals surface area (Å²) in [5, 5.41) is 0. The monoisotopic (exact) mass is 695 g/mol. The Morgan fingerprint density at radius 2 is 1.42 bits per heavy atom. The zero-order chi connectivity index (χ0) is 37.3. The highest BCUT2D eigenvalue weighted by Gasteiger charge is 2.64. The Morgan fingerprint density at radius 3 is 1.96 bits per heavy atom. The van der Waals surface area contributed by atoms with Crippen molar-refractivity contribution in [1.82, 2.24) is 4.90 Å². The molecule has 0 saturated heterocycles. The lowest BCUT2D eigenvalue weighted by molar-refractivity contribution is -0.205. The van der Waals surface area contributed by atoms with Gasteiger partial charge in [0.05, 0.1) is 6.42 Å². The van der Waals surface area contributed by atoms with Crippen molar-refractivity contribution < 1.29 is 47.7 Å². The largest absolute Gasteiger partial charge is 0.462 e. The lowest BCUT2D eigenvalue weighted by Gasteiger charge is -2.60. The molecule has 1 aromatic rings. The van der Waals surface area contributed by atoms with Crippen LogP contribution < -0.4 is 0 Å². The minimum Gasteiger partial charge on any atom is -0.462 e. The van der Waals surface area contributed by atoms with Crippen molar-refractivity contribution in [2.45, 2.75) is 118 Å². The van der Waals surface area contributed by atoms with Crippen LogP contribution in [0.5, 0.6) is 0 Å². The van der Waals surface area contributed by atoms with E-state index in [-0.39, 0.29) is 12.5 Å². The van der Waals surface area contributed by atoms with E-state index in [4.69, 9.17) is 23.7 Å². The van der Waals surface area contributed by atoms with Gasteiger partial charge in [-0.1, -0.05) is 57.7 Å². The van der Waals surface area contributed by atoms with Crippen LogP contribution in [0.15, 0.2) is 53.6 Å². The first-order valence-electron chi connectivity index (χ1n) is 17.3. The first-order chi connectivity index (χ1) is 23.3. The van der Waals surface area contributed by atoms with E-state index < -0.39 is 83.0 Å². The minimum atomic E-state index is -1.06. The third kappa shape index (κ3) is 7.82. The van der Waals surface area contributed by atoms with Crippen molar-refractivity contribution in [1.29, 1.82) is 0 Å². The summed E-state index contributed by atoms with van der Waals surface area (Å²) < 4.78 is 30.6. The highest BCUT2D eigenvalue weighted by atomic mass is 16.6. The Balaban J connectivity index is 1.87. The van der Waals surface area contributed by atoms with Crippen molar-refractivity contribution in [3.63, 3.8) is 0 Å². The number of carbonyl (C=O) groups is 5. The van der Waals surface area contributed by atoms with E-state index in [2.05, 4.69) is 6.58 Å². The second kappa shape index (κ2) is 15.1. The number of rotatable bonds is 9. The van der Waals surface area contributed by atoms with E-state index in [1.807, 2.05) is 77.0 Å². The molecule has 0 spiro atoms. The molecule has 11 nitrogen and oxygen atoms in total. The summed E-state index contributed by atoms with van der Waals surface area (Å²) in [6.45, 7) is 17.4. The standard InChI is InChI=1S/C39H53NO10/c1-21-30(50-32(45)20-29(40(10)11)27-15-13-12-14-16-27)17-18-39(9)34(21)35(47-24(4)42)28-19-31(46-23(3)41)22(2)33(38(28,7)8)36(48-25(5)43)37(39)49-26(6)44/h12-16,28-31,34-37H,1,17-20H2,2-11H3. The van der Waals surface area contributed by atoms with Crippen LogP contribution in [0.4, 0.5) is 0 Å². The van der Waals surface area contributed by atoms with Crippen LogP contribution in [0.3, 0.4) is 0 Å². The van der Waals surface area contributed by atoms with Crippen molar-refractivity contribution in [2.75, 3.05) is 14.1 Å². The first kappa shape index (κ1) is 38.8. The molecule has 11 heteroatoms. The van der Waals surface area contributed by atoms with Crippen LogP contribution in [0, 0.1) is 22.7 Å². The summed E-state index contributed by atoms with van der Waals surface area (Å²) in [6, 6.07) is 9.48. The highest BCUT2D eigenvalue weighted by molar-refractivity contribution is 5.71. The quantitative estimate of drug-likeness (QED) is 0.180. The molecule has 274 valence electrons. The molecule has 2 bridgehead atoms. The second-order valence-electron chi connectivity index (χ2n) is 15.1. The van der Waals surface area contributed by atoms with E-state index >= 15 is 0 Å². The number of hydrogen-bond acceptors (Lipinski definition) is 11. The summed E-state index contributed by atoms with van der Waals surface area (Å²) in [7, 11) is 3.81. The third-order valence-corrected chi connectivity index (χ3v) is 11.0. The summed E-state index contributed by atoms with van der Waals surface area (Å²) in [5.74, 6) is -3.82. The maximum absolute atomic E-state index is 13.7. The molecule has 2 saturated carbocycles. The molecule has 0 radical (unpaired) electrons. The lowest BCUT2D eigenvalue weighted by atomic mass is 9.49. The Kier molecular flexibility index (Phi) is 11.7. The molecule has 3 aliphatic carbocycles. The average molecular weight is 696 g/mol. The summed E-state index contributed by atoms with van der Waals surface area (Å²) in [6.07, 6.45) is -3.36. The lowest BCUT2D eigenvalue weighted by Crippen LogP contribution is -2.64. The highest BCUT2D eigenvalue weighted by Crippen LogP contribution is 2.61. The fourth-order valence-electron chi connectivity index (χ4n) is 8.89. The van der Waals surface area contributed by atoms with Crippen molar-refractivity contribution in [2.24, 2.45) is 22.7 Å². The van der Waals surface area contributed by atoms with Gasteiger partial charge in [0.15, 0.2) is 6.10 Å². The molecular weight excluding hydrogens is 642 g/mol. The molecule has 1 aromatic carbocycles. The maximum atomic E-state index is 13.7.